The van der Waals surface area contributed by atoms with E-state index in [1.165, 1.54) is 11.3 Å². The molecule has 7 nitrogen and oxygen atoms in total. The van der Waals surface area contributed by atoms with E-state index in [2.05, 4.69) is 21.7 Å². The average molecular weight is 662 g/mol. The lowest BCUT2D eigenvalue weighted by Crippen LogP contribution is -2.60. The van der Waals surface area contributed by atoms with Crippen molar-refractivity contribution in [3.05, 3.63) is 79.2 Å². The molecule has 1 aromatic heterocycles. The molecule has 11 heteroatoms. The van der Waals surface area contributed by atoms with Crippen molar-refractivity contribution in [1.82, 2.24) is 20.5 Å². The van der Waals surface area contributed by atoms with Crippen LogP contribution in [0.3, 0.4) is 0 Å². The van der Waals surface area contributed by atoms with Gasteiger partial charge in [0.1, 0.15) is 13.2 Å². The first-order chi connectivity index (χ1) is 20.8. The molecule has 1 amide bonds. The number of nitrogens with zero attached hydrogens (tertiary/aromatic N) is 2. The van der Waals surface area contributed by atoms with E-state index in [1.807, 2.05) is 55.3 Å². The maximum Gasteiger partial charge on any atom is 0.273 e. The molecule has 1 aliphatic carbocycles. The number of rotatable bonds is 11. The highest BCUT2D eigenvalue weighted by molar-refractivity contribution is 7.14. The van der Waals surface area contributed by atoms with Crippen LogP contribution in [0.1, 0.15) is 40.8 Å². The van der Waals surface area contributed by atoms with Crippen molar-refractivity contribution in [2.45, 2.75) is 57.8 Å². The third kappa shape index (κ3) is 7.16. The Morgan fingerprint density at radius 3 is 2.63 bits per heavy atom. The van der Waals surface area contributed by atoms with Crippen molar-refractivity contribution in [3.63, 3.8) is 0 Å². The third-order valence-corrected chi connectivity index (χ3v) is 10.3. The summed E-state index contributed by atoms with van der Waals surface area (Å²) in [6, 6.07) is 10.3. The summed E-state index contributed by atoms with van der Waals surface area (Å²) in [6.07, 6.45) is 6.60. The van der Waals surface area contributed by atoms with E-state index in [-0.39, 0.29) is 36.6 Å². The van der Waals surface area contributed by atoms with Crippen molar-refractivity contribution in [1.29, 1.82) is 0 Å². The molecule has 0 spiro atoms. The number of aryl methyl sites for hydroxylation is 2. The monoisotopic (exact) mass is 660 g/mol. The predicted octanol–water partition coefficient (Wildman–Crippen LogP) is 6.70. The van der Waals surface area contributed by atoms with E-state index in [0.717, 1.165) is 58.1 Å². The van der Waals surface area contributed by atoms with Crippen LogP contribution in [-0.2, 0) is 11.3 Å². The van der Waals surface area contributed by atoms with Gasteiger partial charge in [-0.15, -0.1) is 0 Å². The number of carbonyl (C=O) groups excluding carboxylic acids is 1. The van der Waals surface area contributed by atoms with Crippen LogP contribution in [0, 0.1) is 19.8 Å². The van der Waals surface area contributed by atoms with E-state index in [0.29, 0.717) is 40.6 Å². The molecular formula is C32H35Cl3N4O3S. The van der Waals surface area contributed by atoms with Gasteiger partial charge in [-0.2, -0.15) is 0 Å². The zero-order valence-corrected chi connectivity index (χ0v) is 27.3. The fourth-order valence-electron chi connectivity index (χ4n) is 5.91. The SMILES string of the molecule is Cc1cc(Cl)c(OCCOc2ncc(C3=C[C@@H]4CNC[C@@H](N4)C3CC(=O)N(Cc3cccc(C)c3Cl)C3CC3)s2)c(Cl)c1. The smallest absolute Gasteiger partial charge is 0.273 e. The summed E-state index contributed by atoms with van der Waals surface area (Å²) in [4.78, 5) is 21.5. The molecule has 6 rings (SSSR count). The Morgan fingerprint density at radius 2 is 1.86 bits per heavy atom. The quantitative estimate of drug-likeness (QED) is 0.223. The number of fused-ring (bicyclic) bond motifs is 2. The van der Waals surface area contributed by atoms with Crippen LogP contribution in [0.5, 0.6) is 10.9 Å². The molecule has 0 radical (unpaired) electrons. The summed E-state index contributed by atoms with van der Waals surface area (Å²) < 4.78 is 11.7. The van der Waals surface area contributed by atoms with Gasteiger partial charge < -0.3 is 25.0 Å². The summed E-state index contributed by atoms with van der Waals surface area (Å²) in [5.41, 5.74) is 4.16. The van der Waals surface area contributed by atoms with Crippen LogP contribution in [0.2, 0.25) is 15.1 Å². The fourth-order valence-corrected chi connectivity index (χ4v) is 7.68. The van der Waals surface area contributed by atoms with Crippen LogP contribution in [0.4, 0.5) is 0 Å². The Hall–Kier alpha value is -2.33. The van der Waals surface area contributed by atoms with Crippen molar-refractivity contribution in [3.8, 4) is 10.9 Å². The molecule has 3 aliphatic rings. The molecule has 3 atom stereocenters. The van der Waals surface area contributed by atoms with Gasteiger partial charge in [-0.05, 0) is 61.1 Å². The first-order valence-electron chi connectivity index (χ1n) is 14.7. The number of piperazine rings is 1. The van der Waals surface area contributed by atoms with E-state index in [1.54, 1.807) is 0 Å². The van der Waals surface area contributed by atoms with Gasteiger partial charge in [0.25, 0.3) is 5.19 Å². The number of thiazole rings is 1. The minimum atomic E-state index is 0.00763. The molecule has 2 aromatic carbocycles. The van der Waals surface area contributed by atoms with Crippen molar-refractivity contribution in [2.24, 2.45) is 5.92 Å². The molecular weight excluding hydrogens is 627 g/mol. The summed E-state index contributed by atoms with van der Waals surface area (Å²) in [5, 5.41) is 9.49. The Labute approximate surface area is 271 Å². The molecule has 2 bridgehead atoms. The number of halogens is 3. The normalized spacial score (nSPS) is 21.3. The second-order valence-electron chi connectivity index (χ2n) is 11.5. The van der Waals surface area contributed by atoms with Gasteiger partial charge in [-0.25, -0.2) is 4.98 Å². The van der Waals surface area contributed by atoms with E-state index >= 15 is 0 Å². The number of hydrogen-bond donors (Lipinski definition) is 2. The molecule has 43 heavy (non-hydrogen) atoms. The summed E-state index contributed by atoms with van der Waals surface area (Å²) in [5.74, 6) is 0.622. The lowest BCUT2D eigenvalue weighted by atomic mass is 9.81. The van der Waals surface area contributed by atoms with Crippen molar-refractivity contribution < 1.29 is 14.3 Å². The average Bonchev–Trinajstić information content (AvgIpc) is 3.71. The molecule has 1 unspecified atom stereocenters. The first-order valence-corrected chi connectivity index (χ1v) is 16.6. The van der Waals surface area contributed by atoms with Crippen molar-refractivity contribution in [2.75, 3.05) is 26.3 Å². The molecule has 2 fully saturated rings. The third-order valence-electron chi connectivity index (χ3n) is 8.20. The second-order valence-corrected chi connectivity index (χ2v) is 13.7. The van der Waals surface area contributed by atoms with Gasteiger partial charge in [-0.3, -0.25) is 4.79 Å². The highest BCUT2D eigenvalue weighted by Crippen LogP contribution is 2.40. The number of benzene rings is 2. The van der Waals surface area contributed by atoms with Gasteiger partial charge in [0.15, 0.2) is 5.75 Å². The Bertz CT molecular complexity index is 1500. The number of ether oxygens (including phenoxy) is 2. The van der Waals surface area contributed by atoms with E-state index < -0.39 is 0 Å². The molecule has 2 N–H and O–H groups in total. The van der Waals surface area contributed by atoms with Crippen LogP contribution in [0.15, 0.2) is 42.6 Å². The number of hydrogen-bond acceptors (Lipinski definition) is 7. The first kappa shape index (κ1) is 30.7. The van der Waals surface area contributed by atoms with Crippen molar-refractivity contribution >= 4 is 57.6 Å². The maximum absolute atomic E-state index is 13.9. The lowest BCUT2D eigenvalue weighted by Gasteiger charge is -2.41. The Balaban J connectivity index is 1.13. The van der Waals surface area contributed by atoms with Gasteiger partial charge >= 0.3 is 0 Å². The molecule has 1 saturated carbocycles. The number of carbonyl (C=O) groups is 1. The molecule has 3 aromatic rings. The van der Waals surface area contributed by atoms with Crippen LogP contribution >= 0.6 is 46.1 Å². The number of aromatic nitrogens is 1. The Kier molecular flexibility index (Phi) is 9.52. The zero-order chi connectivity index (χ0) is 30.1. The highest BCUT2D eigenvalue weighted by atomic mass is 35.5. The van der Waals surface area contributed by atoms with Crippen LogP contribution in [0.25, 0.3) is 5.57 Å². The van der Waals surface area contributed by atoms with Gasteiger partial charge in [0.05, 0.1) is 14.9 Å². The fraction of sp³-hybridized carbons (Fsp3) is 0.438. The highest BCUT2D eigenvalue weighted by Gasteiger charge is 2.40. The molecule has 1 saturated heterocycles. The largest absolute Gasteiger partial charge is 0.487 e. The number of amides is 1. The molecule has 2 aliphatic heterocycles. The standard InChI is InChI=1S/C32H35Cl3N4O3S/c1-18-10-25(33)31(26(34)11-18)41-8-9-42-32-37-16-28(43-32)24-12-21-14-36-15-27(38-21)23(24)13-29(40)39(22-6-7-22)17-20-5-3-4-19(2)30(20)35/h3-5,10-12,16,21-23,27,36,38H,6-9,13-15,17H2,1-2H3/t21-,23?,27-/m1/s1. The van der Waals surface area contributed by atoms with Crippen LogP contribution in [-0.4, -0.2) is 60.2 Å². The minimum absolute atomic E-state index is 0.00763. The lowest BCUT2D eigenvalue weighted by molar-refractivity contribution is -0.133. The predicted molar refractivity (Wildman–Crippen MR) is 174 cm³/mol. The summed E-state index contributed by atoms with van der Waals surface area (Å²) in [7, 11) is 0. The summed E-state index contributed by atoms with van der Waals surface area (Å²) in [6.45, 7) is 6.70. The van der Waals surface area contributed by atoms with Gasteiger partial charge in [-0.1, -0.05) is 70.4 Å². The van der Waals surface area contributed by atoms with Crippen LogP contribution < -0.4 is 20.1 Å². The number of nitrogens with one attached hydrogen (secondary N) is 2. The summed E-state index contributed by atoms with van der Waals surface area (Å²) >= 11 is 20.7. The maximum atomic E-state index is 13.9. The topological polar surface area (TPSA) is 75.7 Å². The zero-order valence-electron chi connectivity index (χ0n) is 24.2. The van der Waals surface area contributed by atoms with Gasteiger partial charge in [0, 0.05) is 61.3 Å². The van der Waals surface area contributed by atoms with E-state index in [4.69, 9.17) is 44.3 Å². The Morgan fingerprint density at radius 1 is 1.09 bits per heavy atom. The molecule has 3 heterocycles. The van der Waals surface area contributed by atoms with E-state index in [9.17, 15) is 4.79 Å². The minimum Gasteiger partial charge on any atom is -0.487 e. The molecule has 228 valence electrons. The van der Waals surface area contributed by atoms with Gasteiger partial charge in [0.2, 0.25) is 5.91 Å². The second kappa shape index (κ2) is 13.3.